The Morgan fingerprint density at radius 3 is 1.24 bits per heavy atom. The monoisotopic (exact) mass is 602 g/mol. The number of benzene rings is 2. The number of hydrogen-bond acceptors (Lipinski definition) is 2. The van der Waals surface area contributed by atoms with Gasteiger partial charge >= 0.3 is 21.7 Å². The molecule has 0 unspecified atom stereocenters. The molecule has 4 rings (SSSR count). The first-order chi connectivity index (χ1) is 18.9. The third-order valence-corrected chi connectivity index (χ3v) is 5.49. The minimum atomic E-state index is -0.852. The van der Waals surface area contributed by atoms with Gasteiger partial charge in [-0.3, -0.25) is 21.7 Å². The molecule has 0 fully saturated rings. The van der Waals surface area contributed by atoms with E-state index in [2.05, 4.69) is 50.3 Å². The predicted molar refractivity (Wildman–Crippen MR) is 150 cm³/mol. The van der Waals surface area contributed by atoms with Gasteiger partial charge in [0.1, 0.15) is 0 Å². The second-order valence-electron chi connectivity index (χ2n) is 8.56. The van der Waals surface area contributed by atoms with Crippen LogP contribution in [0, 0.1) is 47.6 Å². The van der Waals surface area contributed by atoms with Crippen molar-refractivity contribution in [3.05, 3.63) is 107 Å². The van der Waals surface area contributed by atoms with Gasteiger partial charge in [-0.05, 0) is 11.4 Å². The van der Waals surface area contributed by atoms with Gasteiger partial charge in [-0.2, -0.15) is 12.2 Å². The first-order valence-electron chi connectivity index (χ1n) is 12.7. The molecule has 0 bridgehead atoms. The van der Waals surface area contributed by atoms with Gasteiger partial charge in [-0.25, -0.2) is 40.9 Å². The summed E-state index contributed by atoms with van der Waals surface area (Å²) in [4.78, 5) is 24.7. The van der Waals surface area contributed by atoms with Gasteiger partial charge in [0.2, 0.25) is 11.8 Å². The first-order valence-corrected chi connectivity index (χ1v) is 12.7. The van der Waals surface area contributed by atoms with Crippen molar-refractivity contribution in [3.63, 3.8) is 0 Å². The molecule has 0 radical (unpaired) electrons. The molecular formula is C32H34F4N2O2Ti. The molecule has 2 aliphatic carbocycles. The second-order valence-corrected chi connectivity index (χ2v) is 8.56. The number of carbonyl (C=O) groups is 2. The van der Waals surface area contributed by atoms with Crippen molar-refractivity contribution in [1.29, 1.82) is 0 Å². The Bertz CT molecular complexity index is 1170. The van der Waals surface area contributed by atoms with Gasteiger partial charge < -0.3 is 9.80 Å². The van der Waals surface area contributed by atoms with Gasteiger partial charge in [-0.15, -0.1) is 49.2 Å². The zero-order chi connectivity index (χ0) is 30.2. The van der Waals surface area contributed by atoms with Gasteiger partial charge in [0.15, 0.2) is 0 Å². The van der Waals surface area contributed by atoms with Crippen LogP contribution in [-0.2, 0) is 31.3 Å². The van der Waals surface area contributed by atoms with Crippen molar-refractivity contribution in [3.8, 4) is 0 Å². The molecular weight excluding hydrogens is 568 g/mol. The zero-order valence-corrected chi connectivity index (χ0v) is 25.7. The van der Waals surface area contributed by atoms with Crippen LogP contribution in [0.25, 0.3) is 0 Å². The van der Waals surface area contributed by atoms with E-state index in [9.17, 15) is 27.2 Å². The normalized spacial score (nSPS) is 12.2. The Morgan fingerprint density at radius 2 is 1.05 bits per heavy atom. The molecule has 0 saturated heterocycles. The molecule has 0 N–H and O–H groups in total. The largest absolute Gasteiger partial charge is 4.00 e. The molecule has 2 amide bonds. The predicted octanol–water partition coefficient (Wildman–Crippen LogP) is 7.66. The second kappa shape index (κ2) is 19.8. The van der Waals surface area contributed by atoms with Crippen LogP contribution >= 0.6 is 0 Å². The van der Waals surface area contributed by atoms with Crippen molar-refractivity contribution in [1.82, 2.24) is 0 Å². The molecule has 0 atom stereocenters. The van der Waals surface area contributed by atoms with Crippen LogP contribution in [0.1, 0.15) is 53.4 Å². The van der Waals surface area contributed by atoms with Gasteiger partial charge in [0, 0.05) is 50.2 Å². The zero-order valence-electron chi connectivity index (χ0n) is 24.2. The number of anilines is 2. The number of amides is 2. The fourth-order valence-electron chi connectivity index (χ4n) is 3.16. The van der Waals surface area contributed by atoms with Crippen LogP contribution < -0.4 is 9.80 Å². The minimum absolute atomic E-state index is 0. The number of nitrogens with zero attached hydrogens (tertiary/aromatic N) is 2. The molecule has 0 spiro atoms. The first kappa shape index (κ1) is 37.8. The Morgan fingerprint density at radius 1 is 0.707 bits per heavy atom. The van der Waals surface area contributed by atoms with Crippen molar-refractivity contribution in [2.75, 3.05) is 23.9 Å². The fraction of sp³-hybridized carbons (Fsp3) is 0.312. The maximum absolute atomic E-state index is 13.1. The smallest absolute Gasteiger partial charge is 0.366 e. The molecule has 4 nitrogen and oxygen atoms in total. The number of carbonyl (C=O) groups excluding carboxylic acids is 2. The minimum Gasteiger partial charge on any atom is -0.366 e. The quantitative estimate of drug-likeness (QED) is 0.205. The van der Waals surface area contributed by atoms with E-state index >= 15 is 0 Å². The number of hydrogen-bond donors (Lipinski definition) is 0. The molecule has 2 aliphatic rings. The Labute approximate surface area is 256 Å². The summed E-state index contributed by atoms with van der Waals surface area (Å²) >= 11 is 0. The molecule has 2 aromatic carbocycles. The summed E-state index contributed by atoms with van der Waals surface area (Å²) in [7, 11) is 2.88. The molecule has 0 heterocycles. The summed E-state index contributed by atoms with van der Waals surface area (Å²) in [6, 6.07) is 8.31. The van der Waals surface area contributed by atoms with E-state index in [0.717, 1.165) is 34.8 Å². The van der Waals surface area contributed by atoms with Crippen LogP contribution in [0.4, 0.5) is 28.9 Å². The molecule has 2 aromatic rings. The van der Waals surface area contributed by atoms with Crippen LogP contribution in [0.3, 0.4) is 0 Å². The molecule has 0 aromatic heterocycles. The third kappa shape index (κ3) is 13.8. The Balaban J connectivity index is 0.000000552. The van der Waals surface area contributed by atoms with Crippen molar-refractivity contribution < 1.29 is 48.9 Å². The Hall–Kier alpha value is -3.23. The van der Waals surface area contributed by atoms with E-state index in [1.54, 1.807) is 13.8 Å². The number of allylic oxidation sites excluding steroid dienone is 8. The van der Waals surface area contributed by atoms with Gasteiger partial charge in [-0.1, -0.05) is 27.7 Å². The van der Waals surface area contributed by atoms with Crippen molar-refractivity contribution >= 4 is 23.2 Å². The fourth-order valence-corrected chi connectivity index (χ4v) is 3.16. The van der Waals surface area contributed by atoms with Crippen LogP contribution in [0.5, 0.6) is 0 Å². The summed E-state index contributed by atoms with van der Waals surface area (Å²) in [6.45, 7) is 7.46. The maximum atomic E-state index is 13.1. The average molecular weight is 602 g/mol. The third-order valence-electron chi connectivity index (χ3n) is 5.49. The molecule has 41 heavy (non-hydrogen) atoms. The molecule has 0 aliphatic heterocycles. The summed E-state index contributed by atoms with van der Waals surface area (Å²) in [5.41, 5.74) is 2.63. The van der Waals surface area contributed by atoms with Crippen LogP contribution in [0.2, 0.25) is 0 Å². The number of rotatable bonds is 4. The topological polar surface area (TPSA) is 40.6 Å². The standard InChI is InChI=1S/2C10H10F2NO.2C6H7.Ti/c2*1-3-10(14)13(2)9-5-4-7(11)6-8(9)12;2*1-6-4-2-3-5-6;/h2*4-5H,3H2,1-2H3;2*2,4H,3H2,1H3;/q4*-1;+4. The van der Waals surface area contributed by atoms with E-state index in [-0.39, 0.29) is 57.7 Å². The molecule has 0 saturated carbocycles. The van der Waals surface area contributed by atoms with Crippen LogP contribution in [0.15, 0.2) is 59.7 Å². The van der Waals surface area contributed by atoms with E-state index in [0.29, 0.717) is 0 Å². The summed E-state index contributed by atoms with van der Waals surface area (Å²) in [5, 5.41) is 0. The van der Waals surface area contributed by atoms with E-state index in [1.165, 1.54) is 37.4 Å². The average Bonchev–Trinajstić information content (AvgIpc) is 3.61. The van der Waals surface area contributed by atoms with Crippen molar-refractivity contribution in [2.45, 2.75) is 53.4 Å². The maximum Gasteiger partial charge on any atom is 4.00 e. The summed E-state index contributed by atoms with van der Waals surface area (Å²) in [6.07, 6.45) is 17.2. The Kier molecular flexibility index (Phi) is 18.2. The van der Waals surface area contributed by atoms with E-state index in [4.69, 9.17) is 0 Å². The van der Waals surface area contributed by atoms with E-state index in [1.807, 2.05) is 12.1 Å². The van der Waals surface area contributed by atoms with Gasteiger partial charge in [0.05, 0.1) is 0 Å². The number of halogens is 4. The summed E-state index contributed by atoms with van der Waals surface area (Å²) < 4.78 is 51.2. The molecule has 9 heteroatoms. The van der Waals surface area contributed by atoms with Gasteiger partial charge in [0.25, 0.3) is 0 Å². The molecule has 216 valence electrons. The van der Waals surface area contributed by atoms with Crippen LogP contribution in [-0.4, -0.2) is 25.9 Å². The SMILES string of the molecule is CC1=[C-]CC=C1.CC1=[C-]CC=C1.CCC(=O)N(C)c1ccc(F)[c-]c1F.CCC(=O)N(C)c1ccc(F)[c-]c1F.[Ti+4]. The summed E-state index contributed by atoms with van der Waals surface area (Å²) in [5.74, 6) is -3.72. The van der Waals surface area contributed by atoms with Crippen molar-refractivity contribution in [2.24, 2.45) is 0 Å². The van der Waals surface area contributed by atoms with E-state index < -0.39 is 23.3 Å².